The van der Waals surface area contributed by atoms with E-state index in [4.69, 9.17) is 0 Å². The third-order valence-corrected chi connectivity index (χ3v) is 3.27. The van der Waals surface area contributed by atoms with Gasteiger partial charge >= 0.3 is 0 Å². The zero-order valence-corrected chi connectivity index (χ0v) is 11.8. The third-order valence-electron chi connectivity index (χ3n) is 3.27. The summed E-state index contributed by atoms with van der Waals surface area (Å²) in [5, 5.41) is 9.75. The largest absolute Gasteiger partial charge is 0.387 e. The predicted octanol–water partition coefficient (Wildman–Crippen LogP) is 3.82. The second-order valence-corrected chi connectivity index (χ2v) is 4.59. The van der Waals surface area contributed by atoms with Crippen molar-refractivity contribution < 1.29 is 9.50 Å². The fourth-order valence-electron chi connectivity index (χ4n) is 2.10. The molecule has 0 bridgehead atoms. The van der Waals surface area contributed by atoms with Crippen molar-refractivity contribution >= 4 is 11.4 Å². The molecular weight excluding hydrogens is 255 g/mol. The highest BCUT2D eigenvalue weighted by atomic mass is 19.1. The summed E-state index contributed by atoms with van der Waals surface area (Å²) >= 11 is 0. The van der Waals surface area contributed by atoms with Crippen LogP contribution in [0.4, 0.5) is 15.8 Å². The topological polar surface area (TPSA) is 36.4 Å². The summed E-state index contributed by atoms with van der Waals surface area (Å²) in [4.78, 5) is 6.33. The van der Waals surface area contributed by atoms with Crippen molar-refractivity contribution in [1.29, 1.82) is 0 Å². The van der Waals surface area contributed by atoms with Crippen LogP contribution < -0.4 is 4.90 Å². The summed E-state index contributed by atoms with van der Waals surface area (Å²) in [5.74, 6) is -0.246. The van der Waals surface area contributed by atoms with E-state index in [-0.39, 0.29) is 5.82 Å². The van der Waals surface area contributed by atoms with Crippen molar-refractivity contribution in [3.05, 3.63) is 54.1 Å². The van der Waals surface area contributed by atoms with Gasteiger partial charge in [-0.25, -0.2) is 4.39 Å². The number of hydrogen-bond donors (Lipinski definition) is 1. The molecule has 3 nitrogen and oxygen atoms in total. The van der Waals surface area contributed by atoms with Crippen molar-refractivity contribution in [3.63, 3.8) is 0 Å². The van der Waals surface area contributed by atoms with E-state index in [2.05, 4.69) is 4.98 Å². The number of anilines is 2. The highest BCUT2D eigenvalue weighted by molar-refractivity contribution is 5.62. The van der Waals surface area contributed by atoms with Gasteiger partial charge in [0.15, 0.2) is 0 Å². The van der Waals surface area contributed by atoms with Gasteiger partial charge in [-0.1, -0.05) is 6.92 Å². The molecule has 2 rings (SSSR count). The van der Waals surface area contributed by atoms with Crippen LogP contribution in [0.25, 0.3) is 0 Å². The number of rotatable bonds is 5. The van der Waals surface area contributed by atoms with E-state index >= 15 is 0 Å². The molecule has 1 unspecified atom stereocenters. The lowest BCUT2D eigenvalue weighted by atomic mass is 10.2. The van der Waals surface area contributed by atoms with Gasteiger partial charge in [0.1, 0.15) is 5.82 Å². The Balaban J connectivity index is 2.25. The number of aromatic nitrogens is 1. The van der Waals surface area contributed by atoms with E-state index in [0.717, 1.165) is 17.9 Å². The average Bonchev–Trinajstić information content (AvgIpc) is 2.50. The molecule has 0 saturated carbocycles. The third kappa shape index (κ3) is 3.14. The van der Waals surface area contributed by atoms with Crippen molar-refractivity contribution in [2.45, 2.75) is 26.4 Å². The first-order chi connectivity index (χ1) is 9.65. The molecule has 1 aromatic carbocycles. The highest BCUT2D eigenvalue weighted by Gasteiger charge is 2.10. The van der Waals surface area contributed by atoms with Gasteiger partial charge in [0.25, 0.3) is 0 Å². The molecule has 1 atom stereocenters. The second-order valence-electron chi connectivity index (χ2n) is 4.59. The van der Waals surface area contributed by atoms with Crippen LogP contribution in [0.3, 0.4) is 0 Å². The van der Waals surface area contributed by atoms with Crippen LogP contribution in [0.2, 0.25) is 0 Å². The molecule has 0 fully saturated rings. The molecule has 0 spiro atoms. The van der Waals surface area contributed by atoms with E-state index in [0.29, 0.717) is 12.1 Å². The van der Waals surface area contributed by atoms with Crippen LogP contribution in [-0.2, 0) is 0 Å². The lowest BCUT2D eigenvalue weighted by molar-refractivity contribution is 0.169. The Labute approximate surface area is 118 Å². The van der Waals surface area contributed by atoms with E-state index in [1.54, 1.807) is 18.3 Å². The Bertz CT molecular complexity index is 539. The van der Waals surface area contributed by atoms with Crippen LogP contribution >= 0.6 is 0 Å². The minimum Gasteiger partial charge on any atom is -0.387 e. The quantitative estimate of drug-likeness (QED) is 0.900. The van der Waals surface area contributed by atoms with Gasteiger partial charge in [-0.05, 0) is 49.7 Å². The van der Waals surface area contributed by atoms with Gasteiger partial charge < -0.3 is 10.0 Å². The fraction of sp³-hybridized carbons (Fsp3) is 0.312. The summed E-state index contributed by atoms with van der Waals surface area (Å²) in [6.45, 7) is 4.69. The number of halogens is 1. The average molecular weight is 274 g/mol. The molecule has 106 valence electrons. The molecule has 4 heteroatoms. The molecule has 0 amide bonds. The monoisotopic (exact) mass is 274 g/mol. The van der Waals surface area contributed by atoms with Gasteiger partial charge in [0, 0.05) is 12.2 Å². The number of nitrogens with zero attached hydrogens (tertiary/aromatic N) is 2. The minimum absolute atomic E-state index is 0.246. The molecular formula is C16H19FN2O. The number of hydrogen-bond acceptors (Lipinski definition) is 3. The maximum Gasteiger partial charge on any atom is 0.123 e. The highest BCUT2D eigenvalue weighted by Crippen LogP contribution is 2.25. The van der Waals surface area contributed by atoms with E-state index in [9.17, 15) is 9.50 Å². The molecule has 0 aliphatic rings. The fourth-order valence-corrected chi connectivity index (χ4v) is 2.10. The Kier molecular flexibility index (Phi) is 4.69. The molecule has 1 heterocycles. The summed E-state index contributed by atoms with van der Waals surface area (Å²) in [6, 6.07) is 10.1. The van der Waals surface area contributed by atoms with E-state index in [1.165, 1.54) is 12.1 Å². The molecule has 20 heavy (non-hydrogen) atoms. The molecule has 0 saturated heterocycles. The van der Waals surface area contributed by atoms with Gasteiger partial charge in [0.2, 0.25) is 0 Å². The molecule has 0 aliphatic heterocycles. The smallest absolute Gasteiger partial charge is 0.123 e. The Morgan fingerprint density at radius 3 is 2.25 bits per heavy atom. The molecule has 2 aromatic rings. The van der Waals surface area contributed by atoms with Crippen molar-refractivity contribution in [2.75, 3.05) is 11.4 Å². The van der Waals surface area contributed by atoms with Gasteiger partial charge in [0.05, 0.1) is 23.7 Å². The lowest BCUT2D eigenvalue weighted by Crippen LogP contribution is -2.16. The van der Waals surface area contributed by atoms with Crippen LogP contribution in [0.15, 0.2) is 42.6 Å². The van der Waals surface area contributed by atoms with Crippen LogP contribution in [-0.4, -0.2) is 16.6 Å². The molecule has 1 aromatic heterocycles. The maximum absolute atomic E-state index is 13.0. The summed E-state index contributed by atoms with van der Waals surface area (Å²) in [6.07, 6.45) is 1.85. The van der Waals surface area contributed by atoms with E-state index < -0.39 is 6.10 Å². The predicted molar refractivity (Wildman–Crippen MR) is 78.6 cm³/mol. The first-order valence-corrected chi connectivity index (χ1v) is 6.82. The standard InChI is InChI=1S/C16H19FN2O/c1-3-16(20)15-10-9-14(11-18-15)19(4-2)13-7-5-12(17)6-8-13/h5-11,16,20H,3-4H2,1-2H3. The van der Waals surface area contributed by atoms with Gasteiger partial charge in [-0.15, -0.1) is 0 Å². The zero-order valence-electron chi connectivity index (χ0n) is 11.8. The Morgan fingerprint density at radius 1 is 1.10 bits per heavy atom. The summed E-state index contributed by atoms with van der Waals surface area (Å²) in [7, 11) is 0. The number of aliphatic hydroxyl groups excluding tert-OH is 1. The minimum atomic E-state index is -0.523. The molecule has 1 N–H and O–H groups in total. The summed E-state index contributed by atoms with van der Waals surface area (Å²) < 4.78 is 13.0. The Morgan fingerprint density at radius 2 is 1.75 bits per heavy atom. The normalized spacial score (nSPS) is 12.2. The number of pyridine rings is 1. The molecule has 0 aliphatic carbocycles. The van der Waals surface area contributed by atoms with Crippen LogP contribution in [0.5, 0.6) is 0 Å². The number of benzene rings is 1. The SMILES string of the molecule is CCC(O)c1ccc(N(CC)c2ccc(F)cc2)cn1. The van der Waals surface area contributed by atoms with Gasteiger partial charge in [-0.3, -0.25) is 4.98 Å². The van der Waals surface area contributed by atoms with Crippen molar-refractivity contribution in [3.8, 4) is 0 Å². The first kappa shape index (κ1) is 14.5. The molecule has 0 radical (unpaired) electrons. The van der Waals surface area contributed by atoms with E-state index in [1.807, 2.05) is 30.9 Å². The maximum atomic E-state index is 13.0. The van der Waals surface area contributed by atoms with Crippen molar-refractivity contribution in [1.82, 2.24) is 4.98 Å². The second kappa shape index (κ2) is 6.48. The van der Waals surface area contributed by atoms with Crippen LogP contribution in [0.1, 0.15) is 32.1 Å². The zero-order chi connectivity index (χ0) is 14.5. The number of aliphatic hydroxyl groups is 1. The van der Waals surface area contributed by atoms with Crippen molar-refractivity contribution in [2.24, 2.45) is 0 Å². The summed E-state index contributed by atoms with van der Waals surface area (Å²) in [5.41, 5.74) is 2.51. The first-order valence-electron chi connectivity index (χ1n) is 6.82. The lowest BCUT2D eigenvalue weighted by Gasteiger charge is -2.23. The van der Waals surface area contributed by atoms with Crippen LogP contribution in [0, 0.1) is 5.82 Å². The Hall–Kier alpha value is -1.94. The van der Waals surface area contributed by atoms with Gasteiger partial charge in [-0.2, -0.15) is 0 Å².